The normalized spacial score (nSPS) is 11.4. The molecule has 6 nitrogen and oxygen atoms in total. The summed E-state index contributed by atoms with van der Waals surface area (Å²) in [6.07, 6.45) is 1.39. The van der Waals surface area contributed by atoms with Gasteiger partial charge < -0.3 is 4.74 Å². The molecule has 3 aromatic heterocycles. The summed E-state index contributed by atoms with van der Waals surface area (Å²) in [6, 6.07) is 4.55. The van der Waals surface area contributed by atoms with E-state index >= 15 is 0 Å². The largest absolute Gasteiger partial charge is 0.497 e. The Morgan fingerprint density at radius 1 is 1.08 bits per heavy atom. The molecule has 0 saturated heterocycles. The number of nitrogens with zero attached hydrogens (tertiary/aromatic N) is 5. The second kappa shape index (κ2) is 5.44. The van der Waals surface area contributed by atoms with E-state index < -0.39 is 11.8 Å². The van der Waals surface area contributed by atoms with Crippen LogP contribution in [0.5, 0.6) is 5.75 Å². The maximum atomic E-state index is 14.3. The number of methoxy groups -OCH3 is 1. The lowest BCUT2D eigenvalue weighted by Gasteiger charge is -2.08. The Bertz CT molecular complexity index is 1140. The van der Waals surface area contributed by atoms with Crippen molar-refractivity contribution in [1.29, 1.82) is 0 Å². The zero-order valence-corrected chi connectivity index (χ0v) is 13.7. The van der Waals surface area contributed by atoms with E-state index in [0.717, 1.165) is 0 Å². The summed E-state index contributed by atoms with van der Waals surface area (Å²) in [6.45, 7) is 3.40. The van der Waals surface area contributed by atoms with Gasteiger partial charge in [-0.15, -0.1) is 10.2 Å². The molecular weight excluding hydrogens is 328 g/mol. The van der Waals surface area contributed by atoms with Crippen molar-refractivity contribution in [3.8, 4) is 17.1 Å². The molecule has 0 saturated carbocycles. The lowest BCUT2D eigenvalue weighted by molar-refractivity contribution is 0.412. The van der Waals surface area contributed by atoms with Crippen molar-refractivity contribution in [3.63, 3.8) is 0 Å². The average Bonchev–Trinajstić information content (AvgIpc) is 2.94. The molecule has 0 aliphatic rings. The van der Waals surface area contributed by atoms with E-state index in [9.17, 15) is 8.78 Å². The third-order valence-corrected chi connectivity index (χ3v) is 4.03. The minimum absolute atomic E-state index is 0.0961. The van der Waals surface area contributed by atoms with Crippen LogP contribution in [0.15, 0.2) is 24.4 Å². The summed E-state index contributed by atoms with van der Waals surface area (Å²) < 4.78 is 34.7. The summed E-state index contributed by atoms with van der Waals surface area (Å²) in [7, 11) is 1.46. The van der Waals surface area contributed by atoms with Gasteiger partial charge >= 0.3 is 0 Å². The predicted molar refractivity (Wildman–Crippen MR) is 87.5 cm³/mol. The highest BCUT2D eigenvalue weighted by molar-refractivity contribution is 5.82. The van der Waals surface area contributed by atoms with E-state index in [4.69, 9.17) is 4.74 Å². The molecule has 1 aromatic carbocycles. The Morgan fingerprint density at radius 3 is 2.60 bits per heavy atom. The van der Waals surface area contributed by atoms with Gasteiger partial charge in [-0.1, -0.05) is 0 Å². The third kappa shape index (κ3) is 2.29. The standard InChI is InChI=1S/C17H13F2N5O/c1-8-4-10(7-20-15(8)19)17-21-9(2)16-23-22-14-12(18)5-11(25-3)6-13(14)24(16)17/h4-7H,1-3H3. The smallest absolute Gasteiger partial charge is 0.215 e. The van der Waals surface area contributed by atoms with E-state index in [1.807, 2.05) is 0 Å². The second-order valence-corrected chi connectivity index (χ2v) is 5.69. The van der Waals surface area contributed by atoms with E-state index in [1.54, 1.807) is 30.4 Å². The number of aryl methyl sites for hydroxylation is 2. The molecule has 0 spiro atoms. The number of hydrogen-bond donors (Lipinski definition) is 0. The van der Waals surface area contributed by atoms with Crippen LogP contribution in [0.2, 0.25) is 0 Å². The van der Waals surface area contributed by atoms with Crippen LogP contribution in [0.4, 0.5) is 8.78 Å². The molecule has 3 heterocycles. The minimum atomic E-state index is -0.547. The highest BCUT2D eigenvalue weighted by Crippen LogP contribution is 2.29. The van der Waals surface area contributed by atoms with Crippen molar-refractivity contribution in [1.82, 2.24) is 24.6 Å². The quantitative estimate of drug-likeness (QED) is 0.524. The molecule has 0 fully saturated rings. The first-order valence-corrected chi connectivity index (χ1v) is 7.51. The molecular formula is C17H13F2N5O. The Balaban J connectivity index is 2.14. The summed E-state index contributed by atoms with van der Waals surface area (Å²) in [5.41, 5.74) is 2.64. The molecule has 0 atom stereocenters. The van der Waals surface area contributed by atoms with Crippen molar-refractivity contribution in [3.05, 3.63) is 47.4 Å². The van der Waals surface area contributed by atoms with Gasteiger partial charge in [-0.2, -0.15) is 4.39 Å². The number of halogens is 2. The van der Waals surface area contributed by atoms with Gasteiger partial charge in [0.05, 0.1) is 18.3 Å². The van der Waals surface area contributed by atoms with E-state index in [0.29, 0.717) is 39.6 Å². The van der Waals surface area contributed by atoms with Crippen LogP contribution >= 0.6 is 0 Å². The molecule has 25 heavy (non-hydrogen) atoms. The average molecular weight is 341 g/mol. The fraction of sp³-hybridized carbons (Fsp3) is 0.176. The number of rotatable bonds is 2. The van der Waals surface area contributed by atoms with E-state index in [-0.39, 0.29) is 5.52 Å². The van der Waals surface area contributed by atoms with Gasteiger partial charge in [-0.05, 0) is 19.9 Å². The monoisotopic (exact) mass is 341 g/mol. The minimum Gasteiger partial charge on any atom is -0.497 e. The van der Waals surface area contributed by atoms with Crippen LogP contribution in [-0.4, -0.2) is 31.7 Å². The molecule has 0 aliphatic heterocycles. The van der Waals surface area contributed by atoms with Crippen LogP contribution in [0.1, 0.15) is 11.3 Å². The first kappa shape index (κ1) is 15.4. The number of imidazole rings is 1. The SMILES string of the molecule is COc1cc(F)c2nnc3c(C)nc(-c4cnc(F)c(C)c4)n3c2c1. The second-order valence-electron chi connectivity index (χ2n) is 5.69. The van der Waals surface area contributed by atoms with Crippen LogP contribution < -0.4 is 4.74 Å². The molecule has 4 aromatic rings. The summed E-state index contributed by atoms with van der Waals surface area (Å²) in [4.78, 5) is 8.25. The molecule has 0 radical (unpaired) electrons. The molecule has 0 N–H and O–H groups in total. The van der Waals surface area contributed by atoms with Crippen LogP contribution in [0, 0.1) is 25.6 Å². The van der Waals surface area contributed by atoms with Crippen LogP contribution in [0.25, 0.3) is 28.1 Å². The zero-order chi connectivity index (χ0) is 17.7. The highest BCUT2D eigenvalue weighted by Gasteiger charge is 2.18. The summed E-state index contributed by atoms with van der Waals surface area (Å²) in [5.74, 6) is -0.256. The fourth-order valence-electron chi connectivity index (χ4n) is 2.79. The molecule has 0 bridgehead atoms. The van der Waals surface area contributed by atoms with Gasteiger partial charge in [0, 0.05) is 29.5 Å². The maximum absolute atomic E-state index is 14.3. The third-order valence-electron chi connectivity index (χ3n) is 4.03. The zero-order valence-electron chi connectivity index (χ0n) is 13.7. The number of aromatic nitrogens is 5. The predicted octanol–water partition coefficient (Wildman–Crippen LogP) is 3.24. The van der Waals surface area contributed by atoms with Gasteiger partial charge in [-0.3, -0.25) is 4.40 Å². The Morgan fingerprint density at radius 2 is 1.88 bits per heavy atom. The molecule has 0 amide bonds. The van der Waals surface area contributed by atoms with E-state index in [2.05, 4.69) is 20.2 Å². The molecule has 4 rings (SSSR count). The fourth-order valence-corrected chi connectivity index (χ4v) is 2.79. The van der Waals surface area contributed by atoms with Crippen molar-refractivity contribution in [2.75, 3.05) is 7.11 Å². The van der Waals surface area contributed by atoms with Crippen LogP contribution in [-0.2, 0) is 0 Å². The van der Waals surface area contributed by atoms with Crippen molar-refractivity contribution < 1.29 is 13.5 Å². The number of pyridine rings is 1. The van der Waals surface area contributed by atoms with Crippen LogP contribution in [0.3, 0.4) is 0 Å². The van der Waals surface area contributed by atoms with Crippen molar-refractivity contribution >= 4 is 16.7 Å². The lowest BCUT2D eigenvalue weighted by Crippen LogP contribution is -2.00. The number of benzene rings is 1. The summed E-state index contributed by atoms with van der Waals surface area (Å²) in [5, 5.41) is 8.05. The first-order chi connectivity index (χ1) is 12.0. The van der Waals surface area contributed by atoms with Gasteiger partial charge in [0.25, 0.3) is 0 Å². The Labute approximate surface area is 141 Å². The van der Waals surface area contributed by atoms with Crippen molar-refractivity contribution in [2.24, 2.45) is 0 Å². The molecule has 126 valence electrons. The highest BCUT2D eigenvalue weighted by atomic mass is 19.1. The molecule has 8 heteroatoms. The lowest BCUT2D eigenvalue weighted by atomic mass is 10.2. The number of ether oxygens (including phenoxy) is 1. The van der Waals surface area contributed by atoms with E-state index in [1.165, 1.54) is 19.4 Å². The van der Waals surface area contributed by atoms with Gasteiger partial charge in [0.1, 0.15) is 17.1 Å². The molecule has 0 unspecified atom stereocenters. The number of hydrogen-bond acceptors (Lipinski definition) is 5. The Hall–Kier alpha value is -3.16. The van der Waals surface area contributed by atoms with Gasteiger partial charge in [0.2, 0.25) is 5.95 Å². The molecule has 0 aliphatic carbocycles. The Kier molecular flexibility index (Phi) is 3.34. The first-order valence-electron chi connectivity index (χ1n) is 7.51. The maximum Gasteiger partial charge on any atom is 0.215 e. The van der Waals surface area contributed by atoms with Gasteiger partial charge in [0.15, 0.2) is 11.5 Å². The number of fused-ring (bicyclic) bond motifs is 3. The van der Waals surface area contributed by atoms with Crippen molar-refractivity contribution in [2.45, 2.75) is 13.8 Å². The van der Waals surface area contributed by atoms with Gasteiger partial charge in [-0.25, -0.2) is 14.4 Å². The summed E-state index contributed by atoms with van der Waals surface area (Å²) >= 11 is 0. The topological polar surface area (TPSA) is 65.2 Å².